The highest BCUT2D eigenvalue weighted by atomic mass is 35.5. The zero-order valence-electron chi connectivity index (χ0n) is 64.9. The number of hydrogen-bond donors (Lipinski definition) is 1. The van der Waals surface area contributed by atoms with E-state index in [0.29, 0.717) is 99.9 Å². The number of halogens is 2. The van der Waals surface area contributed by atoms with Gasteiger partial charge in [0.1, 0.15) is 107 Å². The molecule has 8 aromatic carbocycles. The molecule has 11 aromatic rings. The monoisotopic (exact) mass is 1610 g/mol. The van der Waals surface area contributed by atoms with Crippen molar-refractivity contribution in [3.63, 3.8) is 0 Å². The second-order valence-corrected chi connectivity index (χ2v) is 36.2. The fourth-order valence-corrected chi connectivity index (χ4v) is 16.5. The van der Waals surface area contributed by atoms with E-state index in [9.17, 15) is 22.7 Å². The van der Waals surface area contributed by atoms with Crippen LogP contribution in [0.2, 0.25) is 23.2 Å². The first-order valence-electron chi connectivity index (χ1n) is 36.4. The molecule has 0 bridgehead atoms. The number of carboxylic acid groups (broad SMARTS) is 1. The Balaban J connectivity index is 0.872. The Labute approximate surface area is 667 Å². The van der Waals surface area contributed by atoms with Crippen molar-refractivity contribution in [1.82, 2.24) is 19.9 Å². The van der Waals surface area contributed by atoms with Crippen LogP contribution in [0.1, 0.15) is 59.8 Å². The van der Waals surface area contributed by atoms with Crippen molar-refractivity contribution in [2.75, 3.05) is 62.5 Å². The normalized spacial score (nSPS) is 16.6. The number of thiophene rings is 1. The van der Waals surface area contributed by atoms with Crippen molar-refractivity contribution in [1.29, 1.82) is 0 Å². The molecule has 4 heterocycles. The zero-order valence-corrected chi connectivity index (χ0v) is 68.3. The third kappa shape index (κ3) is 18.7. The van der Waals surface area contributed by atoms with Gasteiger partial charge in [-0.2, -0.15) is 8.42 Å². The van der Waals surface area contributed by atoms with Gasteiger partial charge in [-0.05, 0) is 156 Å². The molecule has 0 saturated carbocycles. The average molecular weight is 1610 g/mol. The van der Waals surface area contributed by atoms with Gasteiger partial charge in [-0.25, -0.2) is 29.1 Å². The molecule has 113 heavy (non-hydrogen) atoms. The molecule has 0 amide bonds. The third-order valence-corrected chi connectivity index (χ3v) is 27.5. The summed E-state index contributed by atoms with van der Waals surface area (Å²) in [6.07, 6.45) is -3.07. The molecular formula is C86H90ClFN4O18S2Si. The maximum absolute atomic E-state index is 14.9. The van der Waals surface area contributed by atoms with E-state index in [1.54, 1.807) is 109 Å². The van der Waals surface area contributed by atoms with Gasteiger partial charge < -0.3 is 66.4 Å². The molecule has 592 valence electrons. The number of methoxy groups -OCH3 is 6. The first kappa shape index (κ1) is 82.5. The largest absolute Gasteiger partial charge is 0.543 e. The van der Waals surface area contributed by atoms with Gasteiger partial charge in [-0.3, -0.25) is 4.18 Å². The Morgan fingerprint density at radius 3 is 1.96 bits per heavy atom. The lowest BCUT2D eigenvalue weighted by atomic mass is 9.80. The number of aryl methyl sites for hydroxylation is 1. The summed E-state index contributed by atoms with van der Waals surface area (Å²) in [6, 6.07) is 54.5. The van der Waals surface area contributed by atoms with E-state index >= 15 is 0 Å². The average Bonchev–Trinajstić information content (AvgIpc) is 1.49. The van der Waals surface area contributed by atoms with Gasteiger partial charge in [0.25, 0.3) is 10.1 Å². The van der Waals surface area contributed by atoms with Gasteiger partial charge in [0.15, 0.2) is 12.1 Å². The number of aliphatic carboxylic acids is 1. The van der Waals surface area contributed by atoms with Crippen LogP contribution >= 0.6 is 22.9 Å². The van der Waals surface area contributed by atoms with Crippen molar-refractivity contribution in [2.24, 2.45) is 0 Å². The summed E-state index contributed by atoms with van der Waals surface area (Å²) in [4.78, 5) is 33.8. The fraction of sp³-hybridized carbons (Fsp3) is 0.314. The van der Waals surface area contributed by atoms with Crippen LogP contribution in [-0.4, -0.2) is 153 Å². The van der Waals surface area contributed by atoms with Crippen molar-refractivity contribution >= 4 is 57.6 Å². The van der Waals surface area contributed by atoms with Crippen molar-refractivity contribution in [3.05, 3.63) is 250 Å². The number of benzene rings is 8. The van der Waals surface area contributed by atoms with Gasteiger partial charge in [-0.15, -0.1) is 11.3 Å². The van der Waals surface area contributed by atoms with Crippen LogP contribution in [0.4, 0.5) is 4.39 Å². The lowest BCUT2D eigenvalue weighted by Crippen LogP contribution is -2.61. The molecule has 0 aliphatic carbocycles. The van der Waals surface area contributed by atoms with Crippen LogP contribution in [0, 0.1) is 19.7 Å². The topological polar surface area (TPSA) is 252 Å². The SMILES string of the molecule is COc1ccc(C(OC[C@H](COS(=O)(=O)c2ccc(C)cc2)Oc2ccc(-c3c(-c4ccc(F)cc4)sc4ncnc(OC(Cc5cc(O[Si](C)(C)C(C)(C)C)ccc5OCc5ccnc(-c6cccc(OC[C@H]7O[C@H](OC)[C@@H](OC)[C@@H](OC)[C@@H]7OC)c6)n5)C(=O)O)c34)c(C)c2Cl)(c2ccccc2)c2ccc(OC)cc2)cc1. The molecule has 1 unspecified atom stereocenters. The van der Waals surface area contributed by atoms with Crippen LogP contribution < -0.4 is 32.8 Å². The van der Waals surface area contributed by atoms with Crippen LogP contribution in [0.3, 0.4) is 0 Å². The smallest absolute Gasteiger partial charge is 0.345 e. The first-order valence-corrected chi connectivity index (χ1v) is 41.9. The van der Waals surface area contributed by atoms with E-state index in [1.165, 1.54) is 49.0 Å². The number of aromatic nitrogens is 4. The van der Waals surface area contributed by atoms with Crippen LogP contribution in [0.25, 0.3) is 43.2 Å². The van der Waals surface area contributed by atoms with Gasteiger partial charge >= 0.3 is 5.97 Å². The minimum Gasteiger partial charge on any atom is -0.543 e. The lowest BCUT2D eigenvalue weighted by Gasteiger charge is -2.44. The molecule has 1 aliphatic rings. The third-order valence-electron chi connectivity index (χ3n) is 20.2. The summed E-state index contributed by atoms with van der Waals surface area (Å²) in [6.45, 7) is 13.4. The molecule has 1 aliphatic heterocycles. The molecule has 0 radical (unpaired) electrons. The van der Waals surface area contributed by atoms with E-state index < -0.39 is 85.3 Å². The predicted octanol–water partition coefficient (Wildman–Crippen LogP) is 16.9. The summed E-state index contributed by atoms with van der Waals surface area (Å²) >= 11 is 8.85. The summed E-state index contributed by atoms with van der Waals surface area (Å²) in [5.74, 6) is 1.19. The van der Waals surface area contributed by atoms with E-state index in [-0.39, 0.29) is 52.8 Å². The maximum Gasteiger partial charge on any atom is 0.345 e. The van der Waals surface area contributed by atoms with E-state index in [0.717, 1.165) is 11.1 Å². The Bertz CT molecular complexity index is 5150. The molecule has 3 aromatic heterocycles. The number of hydrogen-bond acceptors (Lipinski definition) is 22. The molecule has 1 N–H and O–H groups in total. The highest BCUT2D eigenvalue weighted by Crippen LogP contribution is 2.51. The number of rotatable bonds is 34. The summed E-state index contributed by atoms with van der Waals surface area (Å²) in [5, 5.41) is 11.6. The summed E-state index contributed by atoms with van der Waals surface area (Å²) in [7, 11) is 2.52. The highest BCUT2D eigenvalue weighted by Gasteiger charge is 2.48. The Morgan fingerprint density at radius 2 is 1.32 bits per heavy atom. The molecule has 27 heteroatoms. The Hall–Kier alpha value is -9.94. The molecule has 1 fully saturated rings. The van der Waals surface area contributed by atoms with Gasteiger partial charge in [-0.1, -0.05) is 135 Å². The highest BCUT2D eigenvalue weighted by molar-refractivity contribution is 7.86. The quantitative estimate of drug-likeness (QED) is 0.0223. The minimum absolute atomic E-state index is 0.0636. The molecule has 1 saturated heterocycles. The van der Waals surface area contributed by atoms with Gasteiger partial charge in [0.05, 0.1) is 41.8 Å². The summed E-state index contributed by atoms with van der Waals surface area (Å²) in [5.41, 5.74) is 5.25. The molecular weight excluding hydrogens is 1520 g/mol. The lowest BCUT2D eigenvalue weighted by molar-refractivity contribution is -0.305. The molecule has 7 atom stereocenters. The minimum atomic E-state index is -4.39. The van der Waals surface area contributed by atoms with Crippen molar-refractivity contribution in [2.45, 2.75) is 119 Å². The predicted molar refractivity (Wildman–Crippen MR) is 430 cm³/mol. The number of ether oxygens (including phenoxy) is 12. The van der Waals surface area contributed by atoms with Gasteiger partial charge in [0, 0.05) is 62.6 Å². The maximum atomic E-state index is 14.9. The van der Waals surface area contributed by atoms with Crippen LogP contribution in [0.15, 0.2) is 205 Å². The molecule has 22 nitrogen and oxygen atoms in total. The Morgan fingerprint density at radius 1 is 0.664 bits per heavy atom. The number of nitrogens with zero attached hydrogens (tertiary/aromatic N) is 4. The molecule has 0 spiro atoms. The van der Waals surface area contributed by atoms with Crippen molar-refractivity contribution < 1.29 is 88.2 Å². The molecule has 12 rings (SSSR count). The number of carbonyl (C=O) groups is 1. The van der Waals surface area contributed by atoms with E-state index in [4.69, 9.17) is 87.0 Å². The first-order chi connectivity index (χ1) is 54.3. The number of carboxylic acids is 1. The summed E-state index contributed by atoms with van der Waals surface area (Å²) < 4.78 is 130. The van der Waals surface area contributed by atoms with Crippen molar-refractivity contribution in [3.8, 4) is 73.3 Å². The zero-order chi connectivity index (χ0) is 80.4. The van der Waals surface area contributed by atoms with Crippen LogP contribution in [0.5, 0.6) is 40.4 Å². The van der Waals surface area contributed by atoms with E-state index in [1.807, 2.05) is 110 Å². The van der Waals surface area contributed by atoms with Gasteiger partial charge in [0.2, 0.25) is 20.3 Å². The van der Waals surface area contributed by atoms with E-state index in [2.05, 4.69) is 43.8 Å². The standard InChI is InChI=1S/C86H90ClFN4O18S2Si/c1-52-22-37-67(38-23-52)112(95,96)106-49-66(48-105-86(57-19-15-14-16-20-57,58-26-32-62(97-6)33-27-58)59-28-34-63(98-7)35-29-59)107-70-41-39-68(53(2)75(70)87)73-74-81(90-51-91-82(74)111-79(73)54-24-30-60(88)31-25-54)108-71(83(93)94)46-56-45-65(110-113(12,13)85(3,4)5)36-40-69(56)104-47-61-42-43-89-80(92-61)55-18-17-21-64(44-55)103-50-72-76(99-8)77(100-9)78(101-10)84(102-11)109-72/h14-45,51,66,71-72,76-78,84H,46-50H2,1-13H3,(H,93,94)/t66-,71?,72-,76-,77+,78+,84+/m1/s1. The second-order valence-electron chi connectivity index (χ2n) is 28.5. The van der Waals surface area contributed by atoms with Crippen LogP contribution in [-0.2, 0) is 66.1 Å². The fourth-order valence-electron chi connectivity index (χ4n) is 13.2. The second kappa shape index (κ2) is 36.0. The Kier molecular flexibility index (Phi) is 26.3. The number of fused-ring (bicyclic) bond motifs is 1.